The zero-order chi connectivity index (χ0) is 26.8. The number of fused-ring (bicyclic) bond motifs is 2. The van der Waals surface area contributed by atoms with Gasteiger partial charge in [-0.15, -0.1) is 0 Å². The third-order valence-electron chi connectivity index (χ3n) is 8.76. The molecule has 0 spiro atoms. The molecule has 6 heteroatoms. The van der Waals surface area contributed by atoms with Crippen LogP contribution in [0.2, 0.25) is 0 Å². The predicted octanol–water partition coefficient (Wildman–Crippen LogP) is 4.20. The van der Waals surface area contributed by atoms with E-state index in [1.165, 1.54) is 16.7 Å². The van der Waals surface area contributed by atoms with Crippen LogP contribution in [0, 0.1) is 11.3 Å². The first-order valence-electron chi connectivity index (χ1n) is 13.4. The maximum Gasteiger partial charge on any atom is 0.322 e. The van der Waals surface area contributed by atoms with Crippen LogP contribution in [0.5, 0.6) is 5.75 Å². The van der Waals surface area contributed by atoms with Gasteiger partial charge in [0.05, 0.1) is 5.92 Å². The number of phenols is 1. The Balaban J connectivity index is 1.44. The summed E-state index contributed by atoms with van der Waals surface area (Å²) in [7, 11) is 0. The van der Waals surface area contributed by atoms with E-state index in [0.717, 1.165) is 37.9 Å². The minimum Gasteiger partial charge on any atom is -0.508 e. The monoisotopic (exact) mass is 512 g/mol. The van der Waals surface area contributed by atoms with Crippen LogP contribution < -0.4 is 5.32 Å². The third-order valence-corrected chi connectivity index (χ3v) is 8.76. The number of carbonyl (C=O) groups is 2. The van der Waals surface area contributed by atoms with Crippen LogP contribution >= 0.6 is 0 Å². The number of nitrogens with zero attached hydrogens (tertiary/aromatic N) is 1. The Hall–Kier alpha value is -3.64. The molecule has 0 saturated carbocycles. The fraction of sp³-hybridized carbons (Fsp3) is 0.375. The Kier molecular flexibility index (Phi) is 7.26. The molecule has 0 aromatic heterocycles. The summed E-state index contributed by atoms with van der Waals surface area (Å²) in [5, 5.41) is 22.1. The lowest BCUT2D eigenvalue weighted by Crippen LogP contribution is -2.61. The molecule has 6 nitrogen and oxygen atoms in total. The molecule has 1 aliphatic carbocycles. The standard InChI is InChI=1S/C32H36N2O4/c1-31-18-24-10-5-6-11-25(24)19-32(31,27-12-7-13-28(35)17-27)14-15-34(22-31)21-26(30(38)33-20-29(36)37)16-23-8-3-2-4-9-23/h2-13,17,26,35H,14-16,18-22H2,1H3,(H,33,38)(H,36,37)/t26?,31-,32-/m0/s1. The zero-order valence-corrected chi connectivity index (χ0v) is 21.9. The van der Waals surface area contributed by atoms with Crippen molar-refractivity contribution in [1.29, 1.82) is 0 Å². The van der Waals surface area contributed by atoms with E-state index in [0.29, 0.717) is 18.7 Å². The molecule has 2 aliphatic rings. The van der Waals surface area contributed by atoms with Crippen molar-refractivity contribution in [1.82, 2.24) is 10.2 Å². The van der Waals surface area contributed by atoms with Crippen LogP contribution in [0.15, 0.2) is 78.9 Å². The molecule has 0 bridgehead atoms. The average molecular weight is 513 g/mol. The molecule has 3 atom stereocenters. The van der Waals surface area contributed by atoms with Crippen molar-refractivity contribution >= 4 is 11.9 Å². The molecule has 1 amide bonds. The second-order valence-corrected chi connectivity index (χ2v) is 11.3. The summed E-state index contributed by atoms with van der Waals surface area (Å²) in [5.41, 5.74) is 4.74. The highest BCUT2D eigenvalue weighted by atomic mass is 16.4. The number of likely N-dealkylation sites (tertiary alicyclic amines) is 1. The number of phenolic OH excluding ortho intramolecular Hbond substituents is 1. The first-order chi connectivity index (χ1) is 18.3. The summed E-state index contributed by atoms with van der Waals surface area (Å²) < 4.78 is 0. The summed E-state index contributed by atoms with van der Waals surface area (Å²) in [6.45, 7) is 4.18. The van der Waals surface area contributed by atoms with Gasteiger partial charge in [0.1, 0.15) is 12.3 Å². The van der Waals surface area contributed by atoms with Gasteiger partial charge < -0.3 is 20.4 Å². The quantitative estimate of drug-likeness (QED) is 0.421. The number of aliphatic carboxylic acids is 1. The number of carboxylic acids is 1. The lowest BCUT2D eigenvalue weighted by molar-refractivity contribution is -0.138. The van der Waals surface area contributed by atoms with Crippen molar-refractivity contribution < 1.29 is 19.8 Å². The molecule has 38 heavy (non-hydrogen) atoms. The number of carbonyl (C=O) groups excluding carboxylic acids is 1. The fourth-order valence-electron chi connectivity index (χ4n) is 6.86. The van der Waals surface area contributed by atoms with Gasteiger partial charge in [-0.1, -0.05) is 73.7 Å². The van der Waals surface area contributed by atoms with Crippen molar-refractivity contribution in [2.24, 2.45) is 11.3 Å². The topological polar surface area (TPSA) is 89.9 Å². The summed E-state index contributed by atoms with van der Waals surface area (Å²) in [5.74, 6) is -1.33. The Morgan fingerprint density at radius 1 is 0.974 bits per heavy atom. The summed E-state index contributed by atoms with van der Waals surface area (Å²) >= 11 is 0. The molecule has 1 aliphatic heterocycles. The van der Waals surface area contributed by atoms with Gasteiger partial charge >= 0.3 is 5.97 Å². The van der Waals surface area contributed by atoms with Gasteiger partial charge in [-0.05, 0) is 72.0 Å². The second kappa shape index (κ2) is 10.6. The number of carboxylic acid groups (broad SMARTS) is 1. The minimum atomic E-state index is -1.04. The van der Waals surface area contributed by atoms with Gasteiger partial charge in [-0.3, -0.25) is 9.59 Å². The lowest BCUT2D eigenvalue weighted by Gasteiger charge is -2.58. The fourth-order valence-corrected chi connectivity index (χ4v) is 6.86. The number of benzene rings is 3. The number of rotatable bonds is 8. The van der Waals surface area contributed by atoms with Crippen molar-refractivity contribution in [3.05, 3.63) is 101 Å². The van der Waals surface area contributed by atoms with Gasteiger partial charge in [0.25, 0.3) is 0 Å². The molecule has 1 heterocycles. The maximum absolute atomic E-state index is 13.1. The number of aromatic hydroxyl groups is 1. The predicted molar refractivity (Wildman–Crippen MR) is 147 cm³/mol. The molecule has 198 valence electrons. The van der Waals surface area contributed by atoms with E-state index >= 15 is 0 Å². The molecular formula is C32H36N2O4. The van der Waals surface area contributed by atoms with E-state index in [9.17, 15) is 14.7 Å². The normalized spacial score (nSPS) is 23.6. The highest BCUT2D eigenvalue weighted by Gasteiger charge is 2.55. The van der Waals surface area contributed by atoms with E-state index in [-0.39, 0.29) is 29.2 Å². The van der Waals surface area contributed by atoms with Gasteiger partial charge in [0.15, 0.2) is 0 Å². The smallest absolute Gasteiger partial charge is 0.322 e. The Bertz CT molecular complexity index is 1310. The van der Waals surface area contributed by atoms with E-state index in [2.05, 4.69) is 47.5 Å². The van der Waals surface area contributed by atoms with E-state index < -0.39 is 5.97 Å². The first kappa shape index (κ1) is 26.0. The van der Waals surface area contributed by atoms with E-state index in [4.69, 9.17) is 5.11 Å². The highest BCUT2D eigenvalue weighted by Crippen LogP contribution is 2.55. The Labute approximate surface area is 224 Å². The van der Waals surface area contributed by atoms with Crippen LogP contribution in [0.3, 0.4) is 0 Å². The molecule has 5 rings (SSSR count). The van der Waals surface area contributed by atoms with Crippen LogP contribution in [-0.4, -0.2) is 53.2 Å². The molecule has 3 N–H and O–H groups in total. The van der Waals surface area contributed by atoms with Gasteiger partial charge in [0.2, 0.25) is 5.91 Å². The van der Waals surface area contributed by atoms with Crippen LogP contribution in [0.4, 0.5) is 0 Å². The van der Waals surface area contributed by atoms with Crippen molar-refractivity contribution in [3.63, 3.8) is 0 Å². The number of hydrogen-bond acceptors (Lipinski definition) is 4. The Morgan fingerprint density at radius 3 is 2.39 bits per heavy atom. The molecule has 1 fully saturated rings. The summed E-state index contributed by atoms with van der Waals surface area (Å²) in [6, 6.07) is 26.3. The second-order valence-electron chi connectivity index (χ2n) is 11.3. The average Bonchev–Trinajstić information content (AvgIpc) is 2.90. The SMILES string of the molecule is C[C@@]12Cc3ccccc3C[C@]1(c1cccc(O)c1)CCN(CC(Cc1ccccc1)C(=O)NCC(=O)O)C2. The molecule has 1 unspecified atom stereocenters. The van der Waals surface area contributed by atoms with Crippen molar-refractivity contribution in [3.8, 4) is 5.75 Å². The van der Waals surface area contributed by atoms with E-state index in [1.54, 1.807) is 6.07 Å². The van der Waals surface area contributed by atoms with E-state index in [1.807, 2.05) is 42.5 Å². The zero-order valence-electron chi connectivity index (χ0n) is 21.9. The van der Waals surface area contributed by atoms with Crippen LogP contribution in [0.1, 0.15) is 35.6 Å². The third kappa shape index (κ3) is 5.18. The number of piperidine rings is 1. The minimum absolute atomic E-state index is 0.109. The van der Waals surface area contributed by atoms with Crippen molar-refractivity contribution in [2.45, 2.75) is 38.0 Å². The first-order valence-corrected chi connectivity index (χ1v) is 13.4. The number of amides is 1. The molecule has 3 aromatic carbocycles. The number of hydrogen-bond donors (Lipinski definition) is 3. The van der Waals surface area contributed by atoms with Crippen molar-refractivity contribution in [2.75, 3.05) is 26.2 Å². The Morgan fingerprint density at radius 2 is 1.68 bits per heavy atom. The molecule has 1 saturated heterocycles. The maximum atomic E-state index is 13.1. The molecule has 0 radical (unpaired) electrons. The van der Waals surface area contributed by atoms with Gasteiger partial charge in [0, 0.05) is 18.5 Å². The number of nitrogens with one attached hydrogen (secondary N) is 1. The lowest BCUT2D eigenvalue weighted by atomic mass is 9.50. The van der Waals surface area contributed by atoms with Gasteiger partial charge in [-0.2, -0.15) is 0 Å². The van der Waals surface area contributed by atoms with Crippen LogP contribution in [0.25, 0.3) is 0 Å². The summed E-state index contributed by atoms with van der Waals surface area (Å²) in [4.78, 5) is 26.7. The van der Waals surface area contributed by atoms with Crippen LogP contribution in [-0.2, 0) is 34.3 Å². The van der Waals surface area contributed by atoms with Gasteiger partial charge in [-0.25, -0.2) is 0 Å². The molecule has 3 aromatic rings. The summed E-state index contributed by atoms with van der Waals surface area (Å²) in [6.07, 6.45) is 3.31. The largest absolute Gasteiger partial charge is 0.508 e. The molecular weight excluding hydrogens is 476 g/mol. The highest BCUT2D eigenvalue weighted by molar-refractivity contribution is 5.83.